The zero-order valence-corrected chi connectivity index (χ0v) is 29.9. The van der Waals surface area contributed by atoms with Crippen LogP contribution in [-0.4, -0.2) is 57.7 Å². The summed E-state index contributed by atoms with van der Waals surface area (Å²) in [4.78, 5) is 37.6. The first kappa shape index (κ1) is 37.9. The molecule has 1 spiro atoms. The molecule has 5 aromatic rings. The molecule has 5 heterocycles. The Balaban J connectivity index is 1.24. The number of anilines is 1. The highest BCUT2D eigenvalue weighted by Crippen LogP contribution is 2.52. The number of pyridine rings is 1. The van der Waals surface area contributed by atoms with Gasteiger partial charge in [-0.05, 0) is 54.8 Å². The van der Waals surface area contributed by atoms with Gasteiger partial charge in [-0.2, -0.15) is 18.9 Å². The second-order valence-corrected chi connectivity index (χ2v) is 15.4. The number of halogens is 9. The van der Waals surface area contributed by atoms with Gasteiger partial charge in [0.1, 0.15) is 35.4 Å². The maximum atomic E-state index is 15.2. The van der Waals surface area contributed by atoms with Crippen LogP contribution < -0.4 is 10.2 Å². The van der Waals surface area contributed by atoms with Crippen molar-refractivity contribution in [3.8, 4) is 11.1 Å². The van der Waals surface area contributed by atoms with Crippen molar-refractivity contribution in [2.75, 3.05) is 31.2 Å². The predicted molar refractivity (Wildman–Crippen MR) is 183 cm³/mol. The number of carbonyl (C=O) groups excluding carboxylic acids is 2. The summed E-state index contributed by atoms with van der Waals surface area (Å²) in [5.41, 5.74) is -4.42. The molecule has 3 aromatic heterocycles. The van der Waals surface area contributed by atoms with Crippen molar-refractivity contribution < 1.29 is 53.8 Å². The molecule has 3 aliphatic rings. The highest BCUT2D eigenvalue weighted by molar-refractivity contribution is 7.22. The van der Waals surface area contributed by atoms with E-state index in [2.05, 4.69) is 15.4 Å². The molecule has 2 saturated heterocycles. The first-order chi connectivity index (χ1) is 26.4. The topological polar surface area (TPSA) is 102 Å². The van der Waals surface area contributed by atoms with Crippen LogP contribution in [0.1, 0.15) is 70.8 Å². The average Bonchev–Trinajstić information content (AvgIpc) is 3.67. The van der Waals surface area contributed by atoms with Crippen molar-refractivity contribution in [2.45, 2.75) is 57.0 Å². The van der Waals surface area contributed by atoms with Crippen LogP contribution in [0.2, 0.25) is 0 Å². The summed E-state index contributed by atoms with van der Waals surface area (Å²) in [6.07, 6.45) is -6.91. The van der Waals surface area contributed by atoms with Crippen molar-refractivity contribution in [1.29, 1.82) is 0 Å². The lowest BCUT2D eigenvalue weighted by Crippen LogP contribution is -2.66. The number of aromatic nitrogens is 4. The number of alkyl halides is 6. The Morgan fingerprint density at radius 2 is 1.62 bits per heavy atom. The summed E-state index contributed by atoms with van der Waals surface area (Å²) >= 11 is 1.28. The molecule has 19 heteroatoms. The van der Waals surface area contributed by atoms with E-state index in [1.165, 1.54) is 23.5 Å². The van der Waals surface area contributed by atoms with Gasteiger partial charge >= 0.3 is 0 Å². The van der Waals surface area contributed by atoms with Crippen LogP contribution in [-0.2, 0) is 34.3 Å². The Morgan fingerprint density at radius 1 is 0.929 bits per heavy atom. The molecule has 56 heavy (non-hydrogen) atoms. The van der Waals surface area contributed by atoms with Crippen molar-refractivity contribution >= 4 is 38.5 Å². The maximum Gasteiger partial charge on any atom is 0.290 e. The zero-order valence-electron chi connectivity index (χ0n) is 29.1. The monoisotopic (exact) mass is 808 g/mol. The first-order valence-electron chi connectivity index (χ1n) is 17.3. The van der Waals surface area contributed by atoms with E-state index in [0.29, 0.717) is 42.2 Å². The number of nitrogens with one attached hydrogen (secondary N) is 1. The molecule has 0 bridgehead atoms. The number of ether oxygens (including phenoxy) is 1. The van der Waals surface area contributed by atoms with E-state index in [9.17, 15) is 40.3 Å². The van der Waals surface area contributed by atoms with Gasteiger partial charge in [0, 0.05) is 37.6 Å². The second kappa shape index (κ2) is 13.6. The molecule has 2 aliphatic heterocycles. The molecule has 1 N–H and O–H groups in total. The van der Waals surface area contributed by atoms with Gasteiger partial charge < -0.3 is 15.0 Å². The number of ketones is 1. The summed E-state index contributed by atoms with van der Waals surface area (Å²) in [6.45, 7) is 2.48. The lowest BCUT2D eigenvalue weighted by Gasteiger charge is -2.54. The minimum atomic E-state index is -4.09. The summed E-state index contributed by atoms with van der Waals surface area (Å²) in [7, 11) is 0. The molecule has 8 rings (SSSR count). The Labute approximate surface area is 315 Å². The molecule has 2 aromatic carbocycles. The highest BCUT2D eigenvalue weighted by Gasteiger charge is 2.55. The first-order valence-corrected chi connectivity index (χ1v) is 18.1. The standard InChI is InChI=1S/C37H29F9N6O3S/c1-17(53)22-9-19(2-3-24(22)40)23-11-26-33(49-34(56-26)51-13-35(14-51)15-55-16-35)48-29(23)25(8-18-6-20(38)10-21(39)7-18)47-27(54)12-52-31-28(30(50-52)32(41)42)36(43,44)4-5-37(31,45)46/h2-3,6-7,9-11,25,32H,4-5,8,12-16H2,1H3,(H,47,54)/t25-/m0/s1. The quantitative estimate of drug-likeness (QED) is 0.113. The average molecular weight is 809 g/mol. The normalized spacial score (nSPS) is 18.4. The Hall–Kier alpha value is -5.04. The van der Waals surface area contributed by atoms with Crippen LogP contribution in [0.5, 0.6) is 0 Å². The Bertz CT molecular complexity index is 2390. The number of thiazole rings is 1. The second-order valence-electron chi connectivity index (χ2n) is 14.4. The number of rotatable bonds is 10. The molecule has 2 fully saturated rings. The zero-order chi connectivity index (χ0) is 39.9. The Kier molecular flexibility index (Phi) is 9.17. The number of hydrogen-bond donors (Lipinski definition) is 1. The predicted octanol–water partition coefficient (Wildman–Crippen LogP) is 8.03. The van der Waals surface area contributed by atoms with E-state index >= 15 is 8.78 Å². The van der Waals surface area contributed by atoms with E-state index in [-0.39, 0.29) is 43.7 Å². The van der Waals surface area contributed by atoms with Gasteiger partial charge in [-0.15, -0.1) is 0 Å². The molecule has 0 radical (unpaired) electrons. The minimum Gasteiger partial charge on any atom is -0.380 e. The van der Waals surface area contributed by atoms with E-state index in [1.54, 1.807) is 6.07 Å². The lowest BCUT2D eigenvalue weighted by atomic mass is 9.78. The number of carbonyl (C=O) groups is 2. The molecule has 0 saturated carbocycles. The van der Waals surface area contributed by atoms with E-state index < -0.39 is 96.2 Å². The van der Waals surface area contributed by atoms with Crippen LogP contribution >= 0.6 is 11.3 Å². The van der Waals surface area contributed by atoms with E-state index in [0.717, 1.165) is 25.1 Å². The third-order valence-corrected chi connectivity index (χ3v) is 11.2. The van der Waals surface area contributed by atoms with Crippen LogP contribution in [0.3, 0.4) is 0 Å². The molecule has 1 atom stereocenters. The number of Topliss-reactive ketones (excluding diaryl/α,β-unsaturated/α-hetero) is 1. The smallest absolute Gasteiger partial charge is 0.290 e. The van der Waals surface area contributed by atoms with Gasteiger partial charge in [0.05, 0.1) is 46.2 Å². The number of amides is 1. The van der Waals surface area contributed by atoms with Gasteiger partial charge in [-0.1, -0.05) is 17.4 Å². The molecule has 1 aliphatic carbocycles. The summed E-state index contributed by atoms with van der Waals surface area (Å²) in [5.74, 6) is -12.7. The van der Waals surface area contributed by atoms with Gasteiger partial charge in [0.15, 0.2) is 16.6 Å². The minimum absolute atomic E-state index is 0.0145. The highest BCUT2D eigenvalue weighted by atomic mass is 32.1. The summed E-state index contributed by atoms with van der Waals surface area (Å²) in [5, 5.41) is 6.49. The largest absolute Gasteiger partial charge is 0.380 e. The van der Waals surface area contributed by atoms with Crippen LogP contribution in [0, 0.1) is 22.9 Å². The third kappa shape index (κ3) is 6.77. The molecular formula is C37H29F9N6O3S. The van der Waals surface area contributed by atoms with Gasteiger partial charge in [0.25, 0.3) is 18.3 Å². The van der Waals surface area contributed by atoms with E-state index in [4.69, 9.17) is 9.72 Å². The summed E-state index contributed by atoms with van der Waals surface area (Å²) < 4.78 is 138. The van der Waals surface area contributed by atoms with Crippen molar-refractivity contribution in [3.63, 3.8) is 0 Å². The van der Waals surface area contributed by atoms with E-state index in [1.807, 2.05) is 4.90 Å². The molecule has 9 nitrogen and oxygen atoms in total. The fourth-order valence-corrected chi connectivity index (χ4v) is 8.47. The van der Waals surface area contributed by atoms with Crippen molar-refractivity contribution in [3.05, 3.63) is 93.7 Å². The Morgan fingerprint density at radius 3 is 2.27 bits per heavy atom. The molecule has 1 amide bonds. The number of fused-ring (bicyclic) bond motifs is 2. The third-order valence-electron chi connectivity index (χ3n) is 10.2. The van der Waals surface area contributed by atoms with Gasteiger partial charge in [0.2, 0.25) is 5.91 Å². The molecule has 0 unspecified atom stereocenters. The number of benzene rings is 2. The van der Waals surface area contributed by atoms with Gasteiger partial charge in [-0.3, -0.25) is 14.3 Å². The number of hydrogen-bond acceptors (Lipinski definition) is 8. The maximum absolute atomic E-state index is 15.2. The van der Waals surface area contributed by atoms with Crippen molar-refractivity contribution in [1.82, 2.24) is 25.1 Å². The van der Waals surface area contributed by atoms with Crippen LogP contribution in [0.4, 0.5) is 44.6 Å². The van der Waals surface area contributed by atoms with Crippen LogP contribution in [0.25, 0.3) is 21.5 Å². The SMILES string of the molecule is CC(=O)c1cc(-c2cc3sc(N4CC5(COC5)C4)nc3nc2[C@H](Cc2cc(F)cc(F)c2)NC(=O)Cn2nc(C(F)F)c3c2C(F)(F)CCC3(F)F)ccc1F. The fourth-order valence-electron chi connectivity index (χ4n) is 7.53. The van der Waals surface area contributed by atoms with Gasteiger partial charge in [-0.25, -0.2) is 35.7 Å². The summed E-state index contributed by atoms with van der Waals surface area (Å²) in [6, 6.07) is 6.43. The fraction of sp³-hybridized carbons (Fsp3) is 0.378. The molecular weight excluding hydrogens is 779 g/mol. The molecule has 294 valence electrons. The van der Waals surface area contributed by atoms with Crippen molar-refractivity contribution in [2.24, 2.45) is 5.41 Å². The van der Waals surface area contributed by atoms with Crippen LogP contribution in [0.15, 0.2) is 42.5 Å². The number of nitrogens with zero attached hydrogens (tertiary/aromatic N) is 5. The lowest BCUT2D eigenvalue weighted by molar-refractivity contribution is -0.127.